The van der Waals surface area contributed by atoms with Crippen LogP contribution in [0.5, 0.6) is 23.0 Å². The van der Waals surface area contributed by atoms with Gasteiger partial charge in [0.05, 0.1) is 29.8 Å². The van der Waals surface area contributed by atoms with Crippen molar-refractivity contribution in [2.24, 2.45) is 0 Å². The number of carbonyl (C=O) groups is 2. The number of pyridine rings is 1. The molecule has 3 N–H and O–H groups in total. The van der Waals surface area contributed by atoms with Gasteiger partial charge in [0.1, 0.15) is 34.9 Å². The van der Waals surface area contributed by atoms with E-state index in [1.165, 1.54) is 0 Å². The van der Waals surface area contributed by atoms with Crippen LogP contribution >= 0.6 is 11.6 Å². The summed E-state index contributed by atoms with van der Waals surface area (Å²) in [6.07, 6.45) is 2.45. The van der Waals surface area contributed by atoms with Crippen LogP contribution in [-0.4, -0.2) is 36.2 Å². The van der Waals surface area contributed by atoms with Crippen LogP contribution in [0, 0.1) is 0 Å². The number of methoxy groups -OCH3 is 1. The summed E-state index contributed by atoms with van der Waals surface area (Å²) in [4.78, 5) is 28.5. The highest BCUT2D eigenvalue weighted by molar-refractivity contribution is 6.33. The maximum absolute atomic E-state index is 12.6. The van der Waals surface area contributed by atoms with Crippen LogP contribution in [-0.2, 0) is 11.2 Å². The molecule has 178 valence electrons. The molecule has 2 aliphatic heterocycles. The van der Waals surface area contributed by atoms with E-state index in [0.717, 1.165) is 16.9 Å². The van der Waals surface area contributed by atoms with Gasteiger partial charge in [0.2, 0.25) is 5.91 Å². The monoisotopic (exact) mass is 492 g/mol. The zero-order valence-electron chi connectivity index (χ0n) is 18.6. The van der Waals surface area contributed by atoms with Gasteiger partial charge in [-0.05, 0) is 42.8 Å². The third-order valence-corrected chi connectivity index (χ3v) is 6.71. The molecule has 1 aromatic heterocycles. The lowest BCUT2D eigenvalue weighted by Crippen LogP contribution is -2.34. The van der Waals surface area contributed by atoms with Crippen LogP contribution in [0.1, 0.15) is 23.5 Å². The highest BCUT2D eigenvalue weighted by Crippen LogP contribution is 2.54. The van der Waals surface area contributed by atoms with Gasteiger partial charge < -0.3 is 30.2 Å². The molecule has 0 spiro atoms. The summed E-state index contributed by atoms with van der Waals surface area (Å²) in [6, 6.07) is 12.0. The van der Waals surface area contributed by atoms with Crippen LogP contribution in [0.15, 0.2) is 48.7 Å². The molecule has 9 nitrogen and oxygen atoms in total. The molecule has 3 heterocycles. The van der Waals surface area contributed by atoms with Crippen molar-refractivity contribution in [3.8, 4) is 23.0 Å². The highest BCUT2D eigenvalue weighted by Gasteiger charge is 2.59. The maximum Gasteiger partial charge on any atom is 0.319 e. The number of nitrogens with one attached hydrogen (secondary N) is 3. The second-order valence-corrected chi connectivity index (χ2v) is 8.97. The van der Waals surface area contributed by atoms with Crippen LogP contribution < -0.4 is 30.2 Å². The molecule has 6 rings (SSSR count). The summed E-state index contributed by atoms with van der Waals surface area (Å²) in [6.45, 7) is 0. The van der Waals surface area contributed by atoms with Crippen molar-refractivity contribution in [3.63, 3.8) is 0 Å². The number of halogens is 1. The number of nitrogens with zero attached hydrogens (tertiary/aromatic N) is 1. The molecule has 1 fully saturated rings. The second-order valence-electron chi connectivity index (χ2n) is 8.56. The molecule has 3 atom stereocenters. The molecule has 3 aromatic rings. The number of rotatable bonds is 5. The fourth-order valence-electron chi connectivity index (χ4n) is 4.59. The van der Waals surface area contributed by atoms with Crippen molar-refractivity contribution in [3.05, 3.63) is 64.8 Å². The Morgan fingerprint density at radius 1 is 1.17 bits per heavy atom. The molecule has 0 saturated heterocycles. The number of hydrogen-bond donors (Lipinski definition) is 3. The van der Waals surface area contributed by atoms with Crippen molar-refractivity contribution in [1.29, 1.82) is 0 Å². The Morgan fingerprint density at radius 3 is 2.89 bits per heavy atom. The first kappa shape index (κ1) is 21.5. The fourth-order valence-corrected chi connectivity index (χ4v) is 4.76. The van der Waals surface area contributed by atoms with E-state index < -0.39 is 0 Å². The number of amides is 3. The minimum atomic E-state index is -0.373. The molecule has 35 heavy (non-hydrogen) atoms. The van der Waals surface area contributed by atoms with Gasteiger partial charge in [-0.3, -0.25) is 4.79 Å². The van der Waals surface area contributed by atoms with Gasteiger partial charge in [0.15, 0.2) is 0 Å². The Balaban J connectivity index is 1.14. The second kappa shape index (κ2) is 8.35. The van der Waals surface area contributed by atoms with Gasteiger partial charge >= 0.3 is 6.03 Å². The van der Waals surface area contributed by atoms with Gasteiger partial charge in [-0.25, -0.2) is 9.78 Å². The van der Waals surface area contributed by atoms with E-state index in [4.69, 9.17) is 25.8 Å². The van der Waals surface area contributed by atoms with Gasteiger partial charge in [0, 0.05) is 29.8 Å². The van der Waals surface area contributed by atoms with Crippen molar-refractivity contribution >= 4 is 35.0 Å². The normalized spacial score (nSPS) is 21.0. The van der Waals surface area contributed by atoms with Crippen molar-refractivity contribution in [2.45, 2.75) is 30.9 Å². The predicted octanol–water partition coefficient (Wildman–Crippen LogP) is 4.47. The number of fused-ring (bicyclic) bond motifs is 4. The van der Waals surface area contributed by atoms with Crippen LogP contribution in [0.4, 0.5) is 16.3 Å². The minimum Gasteiger partial charge on any atom is -0.497 e. The molecular formula is C25H21ClN4O5. The van der Waals surface area contributed by atoms with Gasteiger partial charge in [0.25, 0.3) is 0 Å². The van der Waals surface area contributed by atoms with E-state index >= 15 is 0 Å². The average molecular weight is 493 g/mol. The standard InChI is InChI=1S/C25H21ClN4O5/c1-33-12-2-5-16(26)17(11-12)28-25(32)30-22-21-15-10-13(3-6-18(15)35-23(21)22)34-19-8-9-27-24-14(19)4-7-20(31)29-24/h2-3,5-6,8-11,21-23H,4,7H2,1H3,(H,27,29,31)(H2,28,30,32)/t21-,22-,23-/m0/s1. The van der Waals surface area contributed by atoms with Gasteiger partial charge in [-0.15, -0.1) is 0 Å². The first-order valence-corrected chi connectivity index (χ1v) is 11.5. The molecule has 0 unspecified atom stereocenters. The number of anilines is 2. The number of ether oxygens (including phenoxy) is 3. The third kappa shape index (κ3) is 3.97. The topological polar surface area (TPSA) is 111 Å². The zero-order valence-corrected chi connectivity index (χ0v) is 19.4. The molecule has 1 saturated carbocycles. The van der Waals surface area contributed by atoms with E-state index in [0.29, 0.717) is 46.6 Å². The van der Waals surface area contributed by atoms with E-state index in [1.807, 2.05) is 18.2 Å². The SMILES string of the molecule is COc1ccc(Cl)c(NC(=O)N[C@@H]2[C@H]3Oc4ccc(Oc5ccnc6c5CCC(=O)N6)cc4[C@@H]23)c1. The van der Waals surface area contributed by atoms with Crippen LogP contribution in [0.2, 0.25) is 5.02 Å². The highest BCUT2D eigenvalue weighted by atomic mass is 35.5. The van der Waals surface area contributed by atoms with Crippen molar-refractivity contribution in [1.82, 2.24) is 10.3 Å². The Kier molecular flexibility index (Phi) is 5.14. The first-order chi connectivity index (χ1) is 17.0. The first-order valence-electron chi connectivity index (χ1n) is 11.2. The van der Waals surface area contributed by atoms with E-state index in [9.17, 15) is 9.59 Å². The van der Waals surface area contributed by atoms with E-state index in [1.54, 1.807) is 37.6 Å². The third-order valence-electron chi connectivity index (χ3n) is 6.38. The van der Waals surface area contributed by atoms with Gasteiger partial charge in [-0.1, -0.05) is 11.6 Å². The Hall–Kier alpha value is -3.98. The average Bonchev–Trinajstić information content (AvgIpc) is 3.36. The molecular weight excluding hydrogens is 472 g/mol. The summed E-state index contributed by atoms with van der Waals surface area (Å²) in [5.41, 5.74) is 2.32. The summed E-state index contributed by atoms with van der Waals surface area (Å²) < 4.78 is 17.4. The summed E-state index contributed by atoms with van der Waals surface area (Å²) in [5, 5.41) is 8.92. The number of hydrogen-bond acceptors (Lipinski definition) is 6. The lowest BCUT2D eigenvalue weighted by atomic mass is 10.1. The Labute approximate surface area is 205 Å². The Morgan fingerprint density at radius 2 is 2.03 bits per heavy atom. The van der Waals surface area contributed by atoms with E-state index in [2.05, 4.69) is 20.9 Å². The number of aromatic nitrogens is 1. The predicted molar refractivity (Wildman–Crippen MR) is 129 cm³/mol. The Bertz CT molecular complexity index is 1360. The van der Waals surface area contributed by atoms with Crippen LogP contribution in [0.3, 0.4) is 0 Å². The molecule has 10 heteroatoms. The summed E-state index contributed by atoms with van der Waals surface area (Å²) >= 11 is 6.19. The van der Waals surface area contributed by atoms with Gasteiger partial charge in [-0.2, -0.15) is 0 Å². The summed E-state index contributed by atoms with van der Waals surface area (Å²) in [5.74, 6) is 3.21. The van der Waals surface area contributed by atoms with Crippen molar-refractivity contribution < 1.29 is 23.8 Å². The smallest absolute Gasteiger partial charge is 0.319 e. The lowest BCUT2D eigenvalue weighted by molar-refractivity contribution is -0.116. The molecule has 0 radical (unpaired) electrons. The number of carbonyl (C=O) groups excluding carboxylic acids is 2. The van der Waals surface area contributed by atoms with E-state index in [-0.39, 0.29) is 30.0 Å². The molecule has 2 aromatic carbocycles. The maximum atomic E-state index is 12.6. The zero-order chi connectivity index (χ0) is 24.1. The fraction of sp³-hybridized carbons (Fsp3) is 0.240. The molecule has 3 aliphatic rings. The largest absolute Gasteiger partial charge is 0.497 e. The van der Waals surface area contributed by atoms with Crippen LogP contribution in [0.25, 0.3) is 0 Å². The number of benzene rings is 2. The minimum absolute atomic E-state index is 0.0331. The molecule has 3 amide bonds. The molecule has 0 bridgehead atoms. The summed E-state index contributed by atoms with van der Waals surface area (Å²) in [7, 11) is 1.55. The lowest BCUT2D eigenvalue weighted by Gasteiger charge is -2.19. The number of urea groups is 1. The molecule has 1 aliphatic carbocycles. The quantitative estimate of drug-likeness (QED) is 0.484. The van der Waals surface area contributed by atoms with Crippen molar-refractivity contribution in [2.75, 3.05) is 17.7 Å².